The summed E-state index contributed by atoms with van der Waals surface area (Å²) < 4.78 is 18.4. The molecule has 19 heavy (non-hydrogen) atoms. The summed E-state index contributed by atoms with van der Waals surface area (Å²) in [5, 5.41) is 5.88. The Labute approximate surface area is 113 Å². The van der Waals surface area contributed by atoms with Crippen LogP contribution in [0.5, 0.6) is 5.75 Å². The number of carbonyl (C=O) groups is 1. The highest BCUT2D eigenvalue weighted by molar-refractivity contribution is 5.92. The minimum Gasteiger partial charge on any atom is -0.492 e. The van der Waals surface area contributed by atoms with Crippen LogP contribution in [0.3, 0.4) is 0 Å². The van der Waals surface area contributed by atoms with Gasteiger partial charge in [0.05, 0.1) is 12.3 Å². The number of anilines is 1. The van der Waals surface area contributed by atoms with Crippen LogP contribution < -0.4 is 15.4 Å². The number of amides is 1. The van der Waals surface area contributed by atoms with Gasteiger partial charge >= 0.3 is 0 Å². The number of rotatable bonds is 7. The van der Waals surface area contributed by atoms with Crippen molar-refractivity contribution in [3.05, 3.63) is 24.0 Å². The second kappa shape index (κ2) is 7.74. The number of carbonyl (C=O) groups excluding carboxylic acids is 1. The fourth-order valence-corrected chi connectivity index (χ4v) is 1.56. The fourth-order valence-electron chi connectivity index (χ4n) is 1.56. The SMILES string of the molecule is CCOc1cc(F)ccc1NC(=O)CCNC(C)C. The van der Waals surface area contributed by atoms with E-state index in [0.717, 1.165) is 0 Å². The summed E-state index contributed by atoms with van der Waals surface area (Å²) in [6.07, 6.45) is 0.362. The zero-order valence-electron chi connectivity index (χ0n) is 11.6. The molecule has 0 unspecified atom stereocenters. The van der Waals surface area contributed by atoms with E-state index < -0.39 is 0 Å². The monoisotopic (exact) mass is 268 g/mol. The molecule has 0 heterocycles. The van der Waals surface area contributed by atoms with E-state index in [-0.39, 0.29) is 11.7 Å². The maximum atomic E-state index is 13.1. The van der Waals surface area contributed by atoms with Crippen molar-refractivity contribution in [3.8, 4) is 5.75 Å². The lowest BCUT2D eigenvalue weighted by Gasteiger charge is -2.12. The summed E-state index contributed by atoms with van der Waals surface area (Å²) >= 11 is 0. The summed E-state index contributed by atoms with van der Waals surface area (Å²) in [7, 11) is 0. The van der Waals surface area contributed by atoms with Crippen LogP contribution in [0.2, 0.25) is 0 Å². The molecule has 0 atom stereocenters. The molecule has 0 aliphatic carbocycles. The molecule has 0 spiro atoms. The zero-order chi connectivity index (χ0) is 14.3. The molecular formula is C14H21FN2O2. The lowest BCUT2D eigenvalue weighted by atomic mass is 10.2. The van der Waals surface area contributed by atoms with Crippen LogP contribution in [0.1, 0.15) is 27.2 Å². The van der Waals surface area contributed by atoms with E-state index in [1.807, 2.05) is 20.8 Å². The molecule has 0 fully saturated rings. The van der Waals surface area contributed by atoms with Crippen LogP contribution in [-0.2, 0) is 4.79 Å². The standard InChI is InChI=1S/C14H21FN2O2/c1-4-19-13-9-11(15)5-6-12(13)17-14(18)7-8-16-10(2)3/h5-6,9-10,16H,4,7-8H2,1-3H3,(H,17,18). The topological polar surface area (TPSA) is 50.4 Å². The number of nitrogens with one attached hydrogen (secondary N) is 2. The smallest absolute Gasteiger partial charge is 0.225 e. The Kier molecular flexibility index (Phi) is 6.29. The summed E-state index contributed by atoms with van der Waals surface area (Å²) in [6, 6.07) is 4.42. The van der Waals surface area contributed by atoms with Gasteiger partial charge in [0.25, 0.3) is 0 Å². The van der Waals surface area contributed by atoms with Gasteiger partial charge in [-0.3, -0.25) is 4.79 Å². The van der Waals surface area contributed by atoms with Crippen LogP contribution in [0, 0.1) is 5.82 Å². The van der Waals surface area contributed by atoms with Gasteiger partial charge in [0.1, 0.15) is 11.6 Å². The van der Waals surface area contributed by atoms with E-state index in [1.165, 1.54) is 18.2 Å². The maximum absolute atomic E-state index is 13.1. The Morgan fingerprint density at radius 2 is 2.16 bits per heavy atom. The molecule has 0 aliphatic heterocycles. The normalized spacial score (nSPS) is 10.6. The van der Waals surface area contributed by atoms with Crippen LogP contribution in [0.4, 0.5) is 10.1 Å². The molecule has 106 valence electrons. The molecule has 1 amide bonds. The third kappa shape index (κ3) is 5.70. The van der Waals surface area contributed by atoms with E-state index in [2.05, 4.69) is 10.6 Å². The van der Waals surface area contributed by atoms with Gasteiger partial charge in [-0.2, -0.15) is 0 Å². The minimum atomic E-state index is -0.386. The maximum Gasteiger partial charge on any atom is 0.225 e. The molecule has 5 heteroatoms. The van der Waals surface area contributed by atoms with Crippen molar-refractivity contribution < 1.29 is 13.9 Å². The molecular weight excluding hydrogens is 247 g/mol. The first-order valence-corrected chi connectivity index (χ1v) is 6.48. The molecule has 0 saturated heterocycles. The van der Waals surface area contributed by atoms with E-state index in [4.69, 9.17) is 4.74 Å². The first kappa shape index (κ1) is 15.4. The van der Waals surface area contributed by atoms with E-state index in [9.17, 15) is 9.18 Å². The van der Waals surface area contributed by atoms with Crippen molar-refractivity contribution in [2.75, 3.05) is 18.5 Å². The summed E-state index contributed by atoms with van der Waals surface area (Å²) in [6.45, 7) is 6.87. The Bertz CT molecular complexity index is 422. The molecule has 1 aromatic rings. The lowest BCUT2D eigenvalue weighted by Crippen LogP contribution is -2.27. The molecule has 0 aromatic heterocycles. The number of hydrogen-bond donors (Lipinski definition) is 2. The molecule has 1 aromatic carbocycles. The highest BCUT2D eigenvalue weighted by atomic mass is 19.1. The van der Waals surface area contributed by atoms with E-state index in [1.54, 1.807) is 0 Å². The largest absolute Gasteiger partial charge is 0.492 e. The number of hydrogen-bond acceptors (Lipinski definition) is 3. The van der Waals surface area contributed by atoms with Crippen molar-refractivity contribution >= 4 is 11.6 Å². The minimum absolute atomic E-state index is 0.124. The second-order valence-corrected chi connectivity index (χ2v) is 4.48. The molecule has 2 N–H and O–H groups in total. The molecule has 1 rings (SSSR count). The van der Waals surface area contributed by atoms with Gasteiger partial charge in [-0.05, 0) is 19.1 Å². The summed E-state index contributed by atoms with van der Waals surface area (Å²) in [5.74, 6) is -0.156. The van der Waals surface area contributed by atoms with E-state index in [0.29, 0.717) is 37.1 Å². The van der Waals surface area contributed by atoms with Gasteiger partial charge < -0.3 is 15.4 Å². The van der Waals surface area contributed by atoms with Crippen LogP contribution in [0.25, 0.3) is 0 Å². The predicted molar refractivity (Wildman–Crippen MR) is 74.0 cm³/mol. The van der Waals surface area contributed by atoms with E-state index >= 15 is 0 Å². The predicted octanol–water partition coefficient (Wildman–Crippen LogP) is 2.55. The first-order valence-electron chi connectivity index (χ1n) is 6.48. The molecule has 0 radical (unpaired) electrons. The van der Waals surface area contributed by atoms with Crippen molar-refractivity contribution in [1.82, 2.24) is 5.32 Å². The number of benzene rings is 1. The van der Waals surface area contributed by atoms with Gasteiger partial charge in [-0.15, -0.1) is 0 Å². The molecule has 0 aliphatic rings. The second-order valence-electron chi connectivity index (χ2n) is 4.48. The van der Waals surface area contributed by atoms with Crippen molar-refractivity contribution in [1.29, 1.82) is 0 Å². The molecule has 0 saturated carbocycles. The van der Waals surface area contributed by atoms with Gasteiger partial charge in [-0.25, -0.2) is 4.39 Å². The van der Waals surface area contributed by atoms with Crippen LogP contribution >= 0.6 is 0 Å². The third-order valence-corrected chi connectivity index (χ3v) is 2.42. The van der Waals surface area contributed by atoms with Gasteiger partial charge in [0, 0.05) is 25.1 Å². The number of ether oxygens (including phenoxy) is 1. The molecule has 0 bridgehead atoms. The van der Waals surface area contributed by atoms with Gasteiger partial charge in [0.15, 0.2) is 0 Å². The third-order valence-electron chi connectivity index (χ3n) is 2.42. The Morgan fingerprint density at radius 3 is 2.79 bits per heavy atom. The average Bonchev–Trinajstić information content (AvgIpc) is 2.32. The van der Waals surface area contributed by atoms with Gasteiger partial charge in [0.2, 0.25) is 5.91 Å². The van der Waals surface area contributed by atoms with Crippen molar-refractivity contribution in [2.45, 2.75) is 33.2 Å². The summed E-state index contributed by atoms with van der Waals surface area (Å²) in [4.78, 5) is 11.7. The average molecular weight is 268 g/mol. The quantitative estimate of drug-likeness (QED) is 0.799. The highest BCUT2D eigenvalue weighted by Crippen LogP contribution is 2.25. The Morgan fingerprint density at radius 1 is 1.42 bits per heavy atom. The zero-order valence-corrected chi connectivity index (χ0v) is 11.6. The van der Waals surface area contributed by atoms with Crippen molar-refractivity contribution in [3.63, 3.8) is 0 Å². The van der Waals surface area contributed by atoms with Crippen LogP contribution in [-0.4, -0.2) is 25.1 Å². The summed E-state index contributed by atoms with van der Waals surface area (Å²) in [5.41, 5.74) is 0.498. The number of halogens is 1. The lowest BCUT2D eigenvalue weighted by molar-refractivity contribution is -0.116. The van der Waals surface area contributed by atoms with Crippen molar-refractivity contribution in [2.24, 2.45) is 0 Å². The Balaban J connectivity index is 2.58. The Hall–Kier alpha value is -1.62. The fraction of sp³-hybridized carbons (Fsp3) is 0.500. The van der Waals surface area contributed by atoms with Gasteiger partial charge in [-0.1, -0.05) is 13.8 Å². The van der Waals surface area contributed by atoms with Crippen LogP contribution in [0.15, 0.2) is 18.2 Å². The molecule has 4 nitrogen and oxygen atoms in total. The first-order chi connectivity index (χ1) is 9.02. The highest BCUT2D eigenvalue weighted by Gasteiger charge is 2.09.